The normalized spacial score (nSPS) is 22.2. The van der Waals surface area contributed by atoms with Crippen molar-refractivity contribution in [2.45, 2.75) is 33.2 Å². The fraction of sp³-hybridized carbons (Fsp3) is 0.625. The van der Waals surface area contributed by atoms with Crippen LogP contribution < -0.4 is 5.73 Å². The van der Waals surface area contributed by atoms with Crippen LogP contribution in [-0.2, 0) is 0 Å². The van der Waals surface area contributed by atoms with E-state index in [4.69, 9.17) is 5.73 Å². The van der Waals surface area contributed by atoms with Gasteiger partial charge >= 0.3 is 0 Å². The highest BCUT2D eigenvalue weighted by Gasteiger charge is 2.34. The minimum absolute atomic E-state index is 0.326. The summed E-state index contributed by atoms with van der Waals surface area (Å²) in [7, 11) is 0. The van der Waals surface area contributed by atoms with Gasteiger partial charge in [0.15, 0.2) is 0 Å². The summed E-state index contributed by atoms with van der Waals surface area (Å²) in [4.78, 5) is 2.55. The highest BCUT2D eigenvalue weighted by molar-refractivity contribution is 9.13. The Bertz CT molecular complexity index is 468. The monoisotopic (exact) mass is 402 g/mol. The third kappa shape index (κ3) is 3.65. The molecule has 1 aromatic carbocycles. The molecule has 0 aromatic heterocycles. The number of nitrogens with two attached hydrogens (primary N) is 1. The van der Waals surface area contributed by atoms with Gasteiger partial charge in [-0.3, -0.25) is 4.90 Å². The molecule has 2 N–H and O–H groups in total. The van der Waals surface area contributed by atoms with Gasteiger partial charge in [-0.05, 0) is 73.9 Å². The lowest BCUT2D eigenvalue weighted by atomic mass is 9.80. The summed E-state index contributed by atoms with van der Waals surface area (Å²) < 4.78 is 2.19. The molecule has 2 atom stereocenters. The van der Waals surface area contributed by atoms with Crippen molar-refractivity contribution in [1.82, 2.24) is 4.90 Å². The summed E-state index contributed by atoms with van der Waals surface area (Å²) >= 11 is 7.12. The number of rotatable bonds is 3. The molecule has 1 aliphatic heterocycles. The first kappa shape index (κ1) is 16.5. The molecule has 1 heterocycles. The first-order valence-electron chi connectivity index (χ1n) is 7.22. The van der Waals surface area contributed by atoms with E-state index in [0.29, 0.717) is 18.0 Å². The molecule has 0 bridgehead atoms. The molecule has 2 nitrogen and oxygen atoms in total. The molecule has 1 fully saturated rings. The van der Waals surface area contributed by atoms with Crippen LogP contribution in [0.25, 0.3) is 0 Å². The van der Waals surface area contributed by atoms with Crippen LogP contribution in [-0.4, -0.2) is 24.5 Å². The van der Waals surface area contributed by atoms with Gasteiger partial charge in [0.2, 0.25) is 0 Å². The predicted octanol–water partition coefficient (Wildman–Crippen LogP) is 4.58. The maximum atomic E-state index is 6.06. The van der Waals surface area contributed by atoms with Crippen molar-refractivity contribution in [3.63, 3.8) is 0 Å². The van der Waals surface area contributed by atoms with E-state index in [1.807, 2.05) is 0 Å². The molecule has 4 heteroatoms. The van der Waals surface area contributed by atoms with Gasteiger partial charge in [0, 0.05) is 28.1 Å². The Kier molecular flexibility index (Phi) is 5.33. The van der Waals surface area contributed by atoms with Crippen molar-refractivity contribution < 1.29 is 0 Å². The molecule has 112 valence electrons. The van der Waals surface area contributed by atoms with Crippen LogP contribution in [0, 0.1) is 11.3 Å². The highest BCUT2D eigenvalue weighted by atomic mass is 79.9. The molecule has 1 aliphatic rings. The molecule has 0 radical (unpaired) electrons. The van der Waals surface area contributed by atoms with Gasteiger partial charge in [0.05, 0.1) is 0 Å². The van der Waals surface area contributed by atoms with Crippen molar-refractivity contribution in [1.29, 1.82) is 0 Å². The van der Waals surface area contributed by atoms with E-state index in [1.165, 1.54) is 12.0 Å². The van der Waals surface area contributed by atoms with Gasteiger partial charge in [-0.25, -0.2) is 0 Å². The Morgan fingerprint density at radius 3 is 2.50 bits per heavy atom. The van der Waals surface area contributed by atoms with E-state index in [2.05, 4.69) is 75.7 Å². The Hall–Kier alpha value is 0.1000. The largest absolute Gasteiger partial charge is 0.329 e. The SMILES string of the molecule is CC(C)(C)C1CCN(C(CN)c2ccc(Br)c(Br)c2)C1. The lowest BCUT2D eigenvalue weighted by Gasteiger charge is -2.30. The quantitative estimate of drug-likeness (QED) is 0.800. The topological polar surface area (TPSA) is 29.3 Å². The van der Waals surface area contributed by atoms with Crippen LogP contribution in [0.15, 0.2) is 27.1 Å². The van der Waals surface area contributed by atoms with Gasteiger partial charge in [0.1, 0.15) is 0 Å². The van der Waals surface area contributed by atoms with E-state index in [9.17, 15) is 0 Å². The lowest BCUT2D eigenvalue weighted by molar-refractivity contribution is 0.197. The molecule has 0 amide bonds. The molecule has 0 spiro atoms. The van der Waals surface area contributed by atoms with E-state index < -0.39 is 0 Å². The fourth-order valence-corrected chi connectivity index (χ4v) is 3.64. The Morgan fingerprint density at radius 2 is 2.00 bits per heavy atom. The van der Waals surface area contributed by atoms with E-state index in [0.717, 1.165) is 28.0 Å². The Morgan fingerprint density at radius 1 is 1.30 bits per heavy atom. The maximum absolute atomic E-state index is 6.06. The van der Waals surface area contributed by atoms with Gasteiger partial charge in [-0.15, -0.1) is 0 Å². The van der Waals surface area contributed by atoms with E-state index in [-0.39, 0.29) is 0 Å². The number of likely N-dealkylation sites (tertiary alicyclic amines) is 1. The third-order valence-corrected chi connectivity index (χ3v) is 6.32. The van der Waals surface area contributed by atoms with Crippen molar-refractivity contribution >= 4 is 31.9 Å². The smallest absolute Gasteiger partial charge is 0.0470 e. The Balaban J connectivity index is 2.15. The fourth-order valence-electron chi connectivity index (χ4n) is 2.99. The zero-order valence-electron chi connectivity index (χ0n) is 12.5. The Labute approximate surface area is 139 Å². The summed E-state index contributed by atoms with van der Waals surface area (Å²) in [5, 5.41) is 0. The number of nitrogens with zero attached hydrogens (tertiary/aromatic N) is 1. The summed E-state index contributed by atoms with van der Waals surface area (Å²) in [5.74, 6) is 0.760. The molecule has 0 saturated carbocycles. The minimum atomic E-state index is 0.326. The van der Waals surface area contributed by atoms with Crippen LogP contribution in [0.1, 0.15) is 38.8 Å². The minimum Gasteiger partial charge on any atom is -0.329 e. The second-order valence-electron chi connectivity index (χ2n) is 6.77. The molecule has 2 unspecified atom stereocenters. The summed E-state index contributed by atoms with van der Waals surface area (Å²) in [5.41, 5.74) is 7.74. The molecular weight excluding hydrogens is 380 g/mol. The van der Waals surface area contributed by atoms with Crippen LogP contribution in [0.4, 0.5) is 0 Å². The summed E-state index contributed by atoms with van der Waals surface area (Å²) in [6, 6.07) is 6.79. The average molecular weight is 404 g/mol. The first-order chi connectivity index (χ1) is 9.32. The van der Waals surface area contributed by atoms with Crippen LogP contribution >= 0.6 is 31.9 Å². The van der Waals surface area contributed by atoms with Crippen LogP contribution in [0.5, 0.6) is 0 Å². The molecule has 0 aliphatic carbocycles. The van der Waals surface area contributed by atoms with Crippen molar-refractivity contribution in [2.75, 3.05) is 19.6 Å². The average Bonchev–Trinajstić information content (AvgIpc) is 2.84. The second-order valence-corrected chi connectivity index (χ2v) is 8.48. The third-order valence-electron chi connectivity index (χ3n) is 4.44. The number of benzene rings is 1. The van der Waals surface area contributed by atoms with E-state index in [1.54, 1.807) is 0 Å². The second kappa shape index (κ2) is 6.47. The maximum Gasteiger partial charge on any atom is 0.0470 e. The van der Waals surface area contributed by atoms with E-state index >= 15 is 0 Å². The summed E-state index contributed by atoms with van der Waals surface area (Å²) in [6.45, 7) is 10.00. The van der Waals surface area contributed by atoms with Gasteiger partial charge in [-0.2, -0.15) is 0 Å². The molecular formula is C16H24Br2N2. The predicted molar refractivity (Wildman–Crippen MR) is 92.8 cm³/mol. The molecule has 2 rings (SSSR count). The van der Waals surface area contributed by atoms with Gasteiger partial charge in [-0.1, -0.05) is 26.8 Å². The molecule has 20 heavy (non-hydrogen) atoms. The zero-order valence-corrected chi connectivity index (χ0v) is 15.7. The number of halogens is 2. The molecule has 1 saturated heterocycles. The number of hydrogen-bond acceptors (Lipinski definition) is 2. The number of hydrogen-bond donors (Lipinski definition) is 1. The van der Waals surface area contributed by atoms with Crippen LogP contribution in [0.3, 0.4) is 0 Å². The zero-order chi connectivity index (χ0) is 14.9. The first-order valence-corrected chi connectivity index (χ1v) is 8.80. The standard InChI is InChI=1S/C16H24Br2N2/c1-16(2,3)12-6-7-20(10-12)15(9-19)11-4-5-13(17)14(18)8-11/h4-5,8,12,15H,6-7,9-10,19H2,1-3H3. The van der Waals surface area contributed by atoms with Crippen LogP contribution in [0.2, 0.25) is 0 Å². The lowest BCUT2D eigenvalue weighted by Crippen LogP contribution is -2.33. The van der Waals surface area contributed by atoms with Crippen molar-refractivity contribution in [3.05, 3.63) is 32.7 Å². The summed E-state index contributed by atoms with van der Waals surface area (Å²) in [6.07, 6.45) is 1.28. The van der Waals surface area contributed by atoms with Crippen molar-refractivity contribution in [3.8, 4) is 0 Å². The highest BCUT2D eigenvalue weighted by Crippen LogP contribution is 2.37. The molecule has 1 aromatic rings. The van der Waals surface area contributed by atoms with Gasteiger partial charge < -0.3 is 5.73 Å². The van der Waals surface area contributed by atoms with Gasteiger partial charge in [0.25, 0.3) is 0 Å². The van der Waals surface area contributed by atoms with Crippen molar-refractivity contribution in [2.24, 2.45) is 17.1 Å².